The van der Waals surface area contributed by atoms with Crippen molar-refractivity contribution in [2.24, 2.45) is 0 Å². The van der Waals surface area contributed by atoms with E-state index in [4.69, 9.17) is 18.9 Å². The lowest BCUT2D eigenvalue weighted by molar-refractivity contribution is -0.359. The third kappa shape index (κ3) is 45.2. The van der Waals surface area contributed by atoms with Crippen molar-refractivity contribution in [3.05, 3.63) is 60.8 Å². The molecule has 2 rings (SSSR count). The first-order chi connectivity index (χ1) is 45.1. The first-order valence-corrected chi connectivity index (χ1v) is 38.5. The van der Waals surface area contributed by atoms with Crippen LogP contribution in [0.25, 0.3) is 0 Å². The van der Waals surface area contributed by atoms with Crippen molar-refractivity contribution in [2.45, 2.75) is 408 Å². The summed E-state index contributed by atoms with van der Waals surface area (Å²) >= 11 is 0. The van der Waals surface area contributed by atoms with Gasteiger partial charge in [0.25, 0.3) is 0 Å². The predicted octanol–water partition coefficient (Wildman–Crippen LogP) is 16.8. The highest BCUT2D eigenvalue weighted by molar-refractivity contribution is 5.76. The lowest BCUT2D eigenvalue weighted by atomic mass is 9.97. The van der Waals surface area contributed by atoms with Crippen LogP contribution in [0.3, 0.4) is 0 Å². The van der Waals surface area contributed by atoms with Gasteiger partial charge in [0.1, 0.15) is 48.8 Å². The van der Waals surface area contributed by atoms with Gasteiger partial charge >= 0.3 is 0 Å². The van der Waals surface area contributed by atoms with Crippen LogP contribution < -0.4 is 5.32 Å². The zero-order valence-corrected chi connectivity index (χ0v) is 58.8. The SMILES string of the molecule is CC/C=C\C/C=C\C/C=C\C/C=C\CCCCCCCCCCCCCCCCCCC(=O)NC(COC1OC(CO)C(OC2OC(CO)C(O)C(O)C2O)C(O)C1O)C(O)/C=C/CCCCCCCCCCCCCCCCCCCCCCCCCCCCC. The molecule has 0 aliphatic carbocycles. The topological polar surface area (TPSA) is 228 Å². The molecule has 12 atom stereocenters. The van der Waals surface area contributed by atoms with Crippen molar-refractivity contribution in [3.8, 4) is 0 Å². The van der Waals surface area contributed by atoms with E-state index in [0.29, 0.717) is 6.42 Å². The van der Waals surface area contributed by atoms with Gasteiger partial charge in [-0.25, -0.2) is 0 Å². The zero-order valence-electron chi connectivity index (χ0n) is 58.8. The Morgan fingerprint density at radius 1 is 0.402 bits per heavy atom. The van der Waals surface area contributed by atoms with E-state index < -0.39 is 86.8 Å². The second kappa shape index (κ2) is 62.2. The van der Waals surface area contributed by atoms with Gasteiger partial charge in [-0.1, -0.05) is 331 Å². The van der Waals surface area contributed by atoms with Crippen LogP contribution in [-0.4, -0.2) is 140 Å². The summed E-state index contributed by atoms with van der Waals surface area (Å²) in [7, 11) is 0. The van der Waals surface area contributed by atoms with E-state index in [9.17, 15) is 45.6 Å². The average molecular weight is 1300 g/mol. The van der Waals surface area contributed by atoms with E-state index in [-0.39, 0.29) is 18.9 Å². The second-order valence-corrected chi connectivity index (χ2v) is 27.1. The van der Waals surface area contributed by atoms with Crippen molar-refractivity contribution in [3.63, 3.8) is 0 Å². The number of hydrogen-bond donors (Lipinski definition) is 9. The minimum absolute atomic E-state index is 0.235. The number of hydrogen-bond acceptors (Lipinski definition) is 13. The lowest BCUT2D eigenvalue weighted by Gasteiger charge is -2.46. The van der Waals surface area contributed by atoms with Crippen LogP contribution in [0.5, 0.6) is 0 Å². The van der Waals surface area contributed by atoms with Crippen LogP contribution in [-0.2, 0) is 23.7 Å². The summed E-state index contributed by atoms with van der Waals surface area (Å²) < 4.78 is 22.9. The van der Waals surface area contributed by atoms with Crippen molar-refractivity contribution >= 4 is 5.91 Å². The van der Waals surface area contributed by atoms with Crippen LogP contribution in [0.1, 0.15) is 335 Å². The fourth-order valence-corrected chi connectivity index (χ4v) is 12.6. The molecule has 2 aliphatic rings. The second-order valence-electron chi connectivity index (χ2n) is 27.1. The number of allylic oxidation sites excluding steroid dienone is 9. The van der Waals surface area contributed by atoms with Gasteiger partial charge in [0.15, 0.2) is 12.6 Å². The van der Waals surface area contributed by atoms with Crippen LogP contribution in [0, 0.1) is 0 Å². The van der Waals surface area contributed by atoms with Gasteiger partial charge in [0, 0.05) is 6.42 Å². The van der Waals surface area contributed by atoms with Gasteiger partial charge in [0.2, 0.25) is 5.91 Å². The zero-order chi connectivity index (χ0) is 66.6. The standard InChI is InChI=1S/C78H143NO13/c1-3-5-7-9-11-13-15-17-19-21-23-25-27-29-31-33-35-37-39-41-43-45-47-49-51-53-55-57-59-61-67(82)66(65-89-77-75(88)73(86)76(69(64-81)91-77)92-78-74(87)72(85)71(84)68(63-80)90-78)79-70(83)62-60-58-56-54-52-50-48-46-44-42-40-38-36-34-32-30-28-26-24-22-20-18-16-14-12-10-8-6-4-2/h6,8,12,14,18,20,24,26,59,61,66-69,71-78,80-82,84-88H,3-5,7,9-11,13,15-17,19,21-23,25,27-58,60,62-65H2,1-2H3,(H,79,83)/b8-6-,14-12-,20-18-,26-24-,61-59+. The molecule has 1 amide bonds. The lowest BCUT2D eigenvalue weighted by Crippen LogP contribution is -2.65. The molecular weight excluding hydrogens is 1160 g/mol. The molecule has 9 N–H and O–H groups in total. The Kier molecular flexibility index (Phi) is 58.0. The summed E-state index contributed by atoms with van der Waals surface area (Å²) in [6.07, 6.45) is 67.2. The van der Waals surface area contributed by atoms with Gasteiger partial charge < -0.3 is 65.1 Å². The summed E-state index contributed by atoms with van der Waals surface area (Å²) in [4.78, 5) is 13.4. The summed E-state index contributed by atoms with van der Waals surface area (Å²) in [5.41, 5.74) is 0. The molecule has 0 bridgehead atoms. The van der Waals surface area contributed by atoms with Crippen molar-refractivity contribution < 1.29 is 64.6 Å². The third-order valence-corrected chi connectivity index (χ3v) is 18.7. The Morgan fingerprint density at radius 3 is 1.15 bits per heavy atom. The first-order valence-electron chi connectivity index (χ1n) is 38.5. The Hall–Kier alpha value is -2.31. The molecule has 12 unspecified atom stereocenters. The molecule has 2 fully saturated rings. The summed E-state index contributed by atoms with van der Waals surface area (Å²) in [5.74, 6) is -0.235. The van der Waals surface area contributed by atoms with Gasteiger partial charge in [-0.15, -0.1) is 0 Å². The van der Waals surface area contributed by atoms with E-state index in [1.807, 2.05) is 6.08 Å². The molecule has 0 aromatic heterocycles. The first kappa shape index (κ1) is 85.8. The largest absolute Gasteiger partial charge is 0.394 e. The number of nitrogens with one attached hydrogen (secondary N) is 1. The maximum absolute atomic E-state index is 13.4. The number of aliphatic hydroxyl groups excluding tert-OH is 8. The molecule has 14 nitrogen and oxygen atoms in total. The minimum Gasteiger partial charge on any atom is -0.394 e. The third-order valence-electron chi connectivity index (χ3n) is 18.7. The van der Waals surface area contributed by atoms with Gasteiger partial charge in [0.05, 0.1) is 32.0 Å². The Morgan fingerprint density at radius 2 is 0.750 bits per heavy atom. The number of rotatable bonds is 64. The molecule has 2 saturated heterocycles. The highest BCUT2D eigenvalue weighted by Crippen LogP contribution is 2.30. The number of unbranched alkanes of at least 4 members (excludes halogenated alkanes) is 43. The molecular formula is C78H143NO13. The smallest absolute Gasteiger partial charge is 0.220 e. The molecule has 14 heteroatoms. The number of carbonyl (C=O) groups is 1. The summed E-state index contributed by atoms with van der Waals surface area (Å²) in [6.45, 7) is 2.74. The van der Waals surface area contributed by atoms with Crippen molar-refractivity contribution in [1.82, 2.24) is 5.32 Å². The Balaban J connectivity index is 1.64. The fraction of sp³-hybridized carbons (Fsp3) is 0.859. The Labute approximate surface area is 562 Å². The van der Waals surface area contributed by atoms with E-state index in [0.717, 1.165) is 64.2 Å². The van der Waals surface area contributed by atoms with E-state index in [1.165, 1.54) is 244 Å². The van der Waals surface area contributed by atoms with E-state index >= 15 is 0 Å². The molecule has 0 aromatic rings. The maximum atomic E-state index is 13.4. The molecule has 0 saturated carbocycles. The molecule has 2 heterocycles. The number of aliphatic hydroxyl groups is 8. The fourth-order valence-electron chi connectivity index (χ4n) is 12.6. The molecule has 538 valence electrons. The van der Waals surface area contributed by atoms with Crippen molar-refractivity contribution in [1.29, 1.82) is 0 Å². The minimum atomic E-state index is -1.79. The number of amides is 1. The quantitative estimate of drug-likeness (QED) is 0.0204. The number of carbonyl (C=O) groups excluding carboxylic acids is 1. The van der Waals surface area contributed by atoms with E-state index in [1.54, 1.807) is 6.08 Å². The predicted molar refractivity (Wildman–Crippen MR) is 378 cm³/mol. The van der Waals surface area contributed by atoms with Gasteiger partial charge in [-0.3, -0.25) is 4.79 Å². The van der Waals surface area contributed by atoms with Crippen LogP contribution >= 0.6 is 0 Å². The van der Waals surface area contributed by atoms with Crippen LogP contribution in [0.2, 0.25) is 0 Å². The normalized spacial score (nSPS) is 23.0. The summed E-state index contributed by atoms with van der Waals surface area (Å²) in [6, 6.07) is -0.918. The molecule has 2 aliphatic heterocycles. The average Bonchev–Trinajstić information content (AvgIpc) is 0.836. The van der Waals surface area contributed by atoms with Crippen molar-refractivity contribution in [2.75, 3.05) is 19.8 Å². The van der Waals surface area contributed by atoms with E-state index in [2.05, 4.69) is 67.8 Å². The Bertz CT molecular complexity index is 1780. The van der Waals surface area contributed by atoms with Gasteiger partial charge in [-0.05, 0) is 57.8 Å². The number of ether oxygens (including phenoxy) is 4. The van der Waals surface area contributed by atoms with Crippen LogP contribution in [0.4, 0.5) is 0 Å². The molecule has 0 radical (unpaired) electrons. The van der Waals surface area contributed by atoms with Gasteiger partial charge in [-0.2, -0.15) is 0 Å². The maximum Gasteiger partial charge on any atom is 0.220 e. The monoisotopic (exact) mass is 1300 g/mol. The van der Waals surface area contributed by atoms with Crippen LogP contribution in [0.15, 0.2) is 60.8 Å². The molecule has 92 heavy (non-hydrogen) atoms. The molecule has 0 aromatic carbocycles. The highest BCUT2D eigenvalue weighted by atomic mass is 16.7. The highest BCUT2D eigenvalue weighted by Gasteiger charge is 2.51. The molecule has 0 spiro atoms. The summed E-state index contributed by atoms with van der Waals surface area (Å²) in [5, 5.41) is 87.6.